The molecule has 2 aromatic heterocycles. The molecule has 4 rings (SSSR count). The summed E-state index contributed by atoms with van der Waals surface area (Å²) in [6.07, 6.45) is 1.53. The summed E-state index contributed by atoms with van der Waals surface area (Å²) >= 11 is 18.2. The van der Waals surface area contributed by atoms with Crippen LogP contribution >= 0.6 is 34.8 Å². The fourth-order valence-corrected chi connectivity index (χ4v) is 2.90. The predicted molar refractivity (Wildman–Crippen MR) is 110 cm³/mol. The van der Waals surface area contributed by atoms with Crippen LogP contribution in [-0.2, 0) is 0 Å². The molecule has 0 amide bonds. The predicted octanol–water partition coefficient (Wildman–Crippen LogP) is 5.16. The Balaban J connectivity index is 1.65. The summed E-state index contributed by atoms with van der Waals surface area (Å²) in [5, 5.41) is 16.2. The van der Waals surface area contributed by atoms with Gasteiger partial charge in [0.1, 0.15) is 0 Å². The van der Waals surface area contributed by atoms with Crippen molar-refractivity contribution in [2.24, 2.45) is 5.10 Å². The van der Waals surface area contributed by atoms with Gasteiger partial charge in [-0.1, -0.05) is 53.0 Å². The Morgan fingerprint density at radius 3 is 2.39 bits per heavy atom. The Morgan fingerprint density at radius 1 is 0.893 bits per heavy atom. The Labute approximate surface area is 173 Å². The smallest absolute Gasteiger partial charge is 0.245 e. The molecule has 28 heavy (non-hydrogen) atoms. The first kappa shape index (κ1) is 18.4. The molecule has 0 radical (unpaired) electrons. The van der Waals surface area contributed by atoms with Crippen LogP contribution in [0.15, 0.2) is 52.2 Å². The third-order valence-electron chi connectivity index (χ3n) is 3.58. The maximum atomic E-state index is 6.21. The SMILES string of the molecule is Clc1ccc(C=NNc2nc3nonc3nc2Nc2ccccc2Cl)c(Cl)c1. The monoisotopic (exact) mass is 433 g/mol. The second kappa shape index (κ2) is 7.97. The minimum Gasteiger partial charge on any atom is -0.336 e. The second-order valence-electron chi connectivity index (χ2n) is 5.47. The Hall–Kier alpha value is -2.94. The van der Waals surface area contributed by atoms with Crippen LogP contribution in [0.2, 0.25) is 15.1 Å². The van der Waals surface area contributed by atoms with Gasteiger partial charge in [0.05, 0.1) is 21.9 Å². The maximum Gasteiger partial charge on any atom is 0.245 e. The minimum absolute atomic E-state index is 0.229. The first-order chi connectivity index (χ1) is 13.6. The molecule has 2 heterocycles. The third-order valence-corrected chi connectivity index (χ3v) is 4.47. The molecule has 0 aliphatic carbocycles. The number of nitrogens with zero attached hydrogens (tertiary/aromatic N) is 5. The fraction of sp³-hybridized carbons (Fsp3) is 0. The van der Waals surface area contributed by atoms with E-state index in [4.69, 9.17) is 34.8 Å². The lowest BCUT2D eigenvalue weighted by Gasteiger charge is -2.10. The van der Waals surface area contributed by atoms with Crippen LogP contribution in [0, 0.1) is 0 Å². The van der Waals surface area contributed by atoms with E-state index in [1.54, 1.807) is 30.3 Å². The normalized spacial score (nSPS) is 11.2. The van der Waals surface area contributed by atoms with Gasteiger partial charge in [0.15, 0.2) is 11.6 Å². The summed E-state index contributed by atoms with van der Waals surface area (Å²) < 4.78 is 4.67. The van der Waals surface area contributed by atoms with Crippen molar-refractivity contribution in [2.75, 3.05) is 10.7 Å². The van der Waals surface area contributed by atoms with Gasteiger partial charge in [-0.25, -0.2) is 9.61 Å². The molecular weight excluding hydrogens is 425 g/mol. The highest BCUT2D eigenvalue weighted by molar-refractivity contribution is 6.36. The standard InChI is InChI=1S/C17H10Cl3N7O/c18-10-6-5-9(12(20)7-10)8-21-25-15-14(22-13-4-2-1-3-11(13)19)23-16-17(24-15)27-28-26-16/h1-8H,(H,22,23,26)(H,24,25,27). The quantitative estimate of drug-likeness (QED) is 0.330. The highest BCUT2D eigenvalue weighted by Gasteiger charge is 2.13. The molecule has 0 spiro atoms. The number of hydrazone groups is 1. The van der Waals surface area contributed by atoms with Crippen molar-refractivity contribution in [1.29, 1.82) is 0 Å². The number of hydrogen-bond donors (Lipinski definition) is 2. The molecule has 11 heteroatoms. The van der Waals surface area contributed by atoms with Gasteiger partial charge in [-0.3, -0.25) is 5.43 Å². The van der Waals surface area contributed by atoms with Crippen molar-refractivity contribution in [1.82, 2.24) is 20.3 Å². The van der Waals surface area contributed by atoms with Crippen LogP contribution < -0.4 is 10.7 Å². The van der Waals surface area contributed by atoms with Crippen LogP contribution in [0.3, 0.4) is 0 Å². The van der Waals surface area contributed by atoms with Crippen molar-refractivity contribution in [2.45, 2.75) is 0 Å². The van der Waals surface area contributed by atoms with E-state index >= 15 is 0 Å². The van der Waals surface area contributed by atoms with E-state index in [9.17, 15) is 0 Å². The van der Waals surface area contributed by atoms with Gasteiger partial charge in [-0.05, 0) is 34.6 Å². The Kier molecular flexibility index (Phi) is 5.25. The van der Waals surface area contributed by atoms with E-state index in [0.717, 1.165) is 0 Å². The molecule has 2 N–H and O–H groups in total. The van der Waals surface area contributed by atoms with Gasteiger partial charge < -0.3 is 5.32 Å². The molecular formula is C17H10Cl3N7O. The summed E-state index contributed by atoms with van der Waals surface area (Å²) in [5.74, 6) is 0.639. The van der Waals surface area contributed by atoms with Crippen molar-refractivity contribution in [3.63, 3.8) is 0 Å². The molecule has 4 aromatic rings. The molecule has 0 aliphatic rings. The number of rotatable bonds is 5. The average molecular weight is 435 g/mol. The molecule has 8 nitrogen and oxygen atoms in total. The molecule has 0 saturated carbocycles. The fourth-order valence-electron chi connectivity index (χ4n) is 2.26. The lowest BCUT2D eigenvalue weighted by Crippen LogP contribution is -2.03. The first-order valence-corrected chi connectivity index (χ1v) is 8.99. The summed E-state index contributed by atoms with van der Waals surface area (Å²) in [4.78, 5) is 8.66. The van der Waals surface area contributed by atoms with E-state index in [2.05, 4.69) is 40.8 Å². The van der Waals surface area contributed by atoms with Crippen LogP contribution in [0.4, 0.5) is 17.3 Å². The van der Waals surface area contributed by atoms with E-state index in [1.807, 2.05) is 12.1 Å². The zero-order chi connectivity index (χ0) is 19.5. The molecule has 0 atom stereocenters. The third kappa shape index (κ3) is 3.99. The Morgan fingerprint density at radius 2 is 1.64 bits per heavy atom. The van der Waals surface area contributed by atoms with Crippen molar-refractivity contribution < 1.29 is 4.63 Å². The van der Waals surface area contributed by atoms with Gasteiger partial charge >= 0.3 is 0 Å². The van der Waals surface area contributed by atoms with Gasteiger partial charge in [-0.15, -0.1) is 0 Å². The van der Waals surface area contributed by atoms with Crippen LogP contribution in [-0.4, -0.2) is 26.5 Å². The highest BCUT2D eigenvalue weighted by Crippen LogP contribution is 2.28. The summed E-state index contributed by atoms with van der Waals surface area (Å²) in [6.45, 7) is 0. The lowest BCUT2D eigenvalue weighted by atomic mass is 10.2. The van der Waals surface area contributed by atoms with Crippen molar-refractivity contribution in [3.8, 4) is 0 Å². The summed E-state index contributed by atoms with van der Waals surface area (Å²) in [7, 11) is 0. The topological polar surface area (TPSA) is 101 Å². The number of nitrogens with one attached hydrogen (secondary N) is 2. The molecule has 0 bridgehead atoms. The number of aromatic nitrogens is 4. The number of hydrogen-bond acceptors (Lipinski definition) is 8. The average Bonchev–Trinajstić information content (AvgIpc) is 3.12. The summed E-state index contributed by atoms with van der Waals surface area (Å²) in [5.41, 5.74) is 4.60. The van der Waals surface area contributed by atoms with Gasteiger partial charge in [0.2, 0.25) is 11.3 Å². The van der Waals surface area contributed by atoms with Crippen molar-refractivity contribution in [3.05, 3.63) is 63.1 Å². The molecule has 0 fully saturated rings. The maximum absolute atomic E-state index is 6.21. The number of fused-ring (bicyclic) bond motifs is 1. The second-order valence-corrected chi connectivity index (χ2v) is 6.72. The van der Waals surface area contributed by atoms with Gasteiger partial charge in [0, 0.05) is 10.6 Å². The zero-order valence-corrected chi connectivity index (χ0v) is 16.2. The van der Waals surface area contributed by atoms with E-state index in [-0.39, 0.29) is 11.3 Å². The molecule has 2 aromatic carbocycles. The highest BCUT2D eigenvalue weighted by atomic mass is 35.5. The van der Waals surface area contributed by atoms with Gasteiger partial charge in [0.25, 0.3) is 0 Å². The van der Waals surface area contributed by atoms with Crippen LogP contribution in [0.25, 0.3) is 11.3 Å². The lowest BCUT2D eigenvalue weighted by molar-refractivity contribution is 0.314. The Bertz CT molecular complexity index is 1180. The summed E-state index contributed by atoms with van der Waals surface area (Å²) in [6, 6.07) is 12.3. The van der Waals surface area contributed by atoms with E-state index in [0.29, 0.717) is 38.0 Å². The van der Waals surface area contributed by atoms with Gasteiger partial charge in [-0.2, -0.15) is 10.1 Å². The zero-order valence-electron chi connectivity index (χ0n) is 13.9. The largest absolute Gasteiger partial charge is 0.336 e. The van der Waals surface area contributed by atoms with E-state index < -0.39 is 0 Å². The molecule has 140 valence electrons. The van der Waals surface area contributed by atoms with Crippen LogP contribution in [0.5, 0.6) is 0 Å². The van der Waals surface area contributed by atoms with E-state index in [1.165, 1.54) is 6.21 Å². The number of benzene rings is 2. The van der Waals surface area contributed by atoms with Crippen LogP contribution in [0.1, 0.15) is 5.56 Å². The first-order valence-electron chi connectivity index (χ1n) is 7.86. The molecule has 0 aliphatic heterocycles. The molecule has 0 unspecified atom stereocenters. The number of para-hydroxylation sites is 1. The number of halogens is 3. The number of anilines is 3. The minimum atomic E-state index is 0.229. The van der Waals surface area contributed by atoms with Crippen molar-refractivity contribution >= 4 is 69.6 Å². The molecule has 0 saturated heterocycles.